The molecule has 0 aliphatic heterocycles. The van der Waals surface area contributed by atoms with Gasteiger partial charge in [-0.3, -0.25) is 14.8 Å². The van der Waals surface area contributed by atoms with E-state index in [9.17, 15) is 10.1 Å². The van der Waals surface area contributed by atoms with Crippen molar-refractivity contribution in [2.75, 3.05) is 11.1 Å². The van der Waals surface area contributed by atoms with Crippen molar-refractivity contribution < 1.29 is 4.92 Å². The Kier molecular flexibility index (Phi) is 3.57. The highest BCUT2D eigenvalue weighted by Crippen LogP contribution is 2.27. The second-order valence-electron chi connectivity index (χ2n) is 3.95. The molecule has 0 spiro atoms. The molecule has 7 nitrogen and oxygen atoms in total. The van der Waals surface area contributed by atoms with E-state index in [0.29, 0.717) is 18.1 Å². The Morgan fingerprint density at radius 2 is 2.32 bits per heavy atom. The lowest BCUT2D eigenvalue weighted by Gasteiger charge is -2.07. The van der Waals surface area contributed by atoms with Crippen LogP contribution in [0.3, 0.4) is 0 Å². The molecule has 8 heteroatoms. The van der Waals surface area contributed by atoms with Crippen molar-refractivity contribution >= 4 is 28.8 Å². The number of nitrogens with two attached hydrogens (primary N) is 1. The quantitative estimate of drug-likeness (QED) is 0.661. The normalized spacial score (nSPS) is 10.4. The van der Waals surface area contributed by atoms with Gasteiger partial charge in [-0.2, -0.15) is 5.10 Å². The molecule has 0 radical (unpaired) electrons. The van der Waals surface area contributed by atoms with E-state index in [2.05, 4.69) is 10.4 Å². The zero-order valence-corrected chi connectivity index (χ0v) is 10.9. The van der Waals surface area contributed by atoms with Gasteiger partial charge in [0.15, 0.2) is 0 Å². The molecule has 2 aromatic rings. The van der Waals surface area contributed by atoms with E-state index in [1.807, 2.05) is 0 Å². The summed E-state index contributed by atoms with van der Waals surface area (Å²) in [4.78, 5) is 10.1. The third-order valence-corrected chi connectivity index (χ3v) is 3.01. The van der Waals surface area contributed by atoms with Crippen LogP contribution in [0, 0.1) is 10.1 Å². The lowest BCUT2D eigenvalue weighted by Crippen LogP contribution is -2.04. The summed E-state index contributed by atoms with van der Waals surface area (Å²) in [5.74, 6) is 0.561. The number of nitro benzene ring substituents is 1. The first kappa shape index (κ1) is 13.2. The number of nitrogens with zero attached hydrogens (tertiary/aromatic N) is 3. The van der Waals surface area contributed by atoms with E-state index in [4.69, 9.17) is 17.3 Å². The highest BCUT2D eigenvalue weighted by molar-refractivity contribution is 6.33. The van der Waals surface area contributed by atoms with Crippen molar-refractivity contribution in [2.45, 2.75) is 6.54 Å². The summed E-state index contributed by atoms with van der Waals surface area (Å²) in [5.41, 5.74) is 7.20. The van der Waals surface area contributed by atoms with Crippen LogP contribution in [0.1, 0.15) is 5.56 Å². The van der Waals surface area contributed by atoms with E-state index in [0.717, 1.165) is 5.56 Å². The number of hydrogen-bond acceptors (Lipinski definition) is 5. The van der Waals surface area contributed by atoms with Gasteiger partial charge in [0.1, 0.15) is 5.82 Å². The fraction of sp³-hybridized carbons (Fsp3) is 0.182. The number of aromatic nitrogens is 2. The van der Waals surface area contributed by atoms with Gasteiger partial charge in [0, 0.05) is 31.3 Å². The molecule has 0 aliphatic carbocycles. The monoisotopic (exact) mass is 281 g/mol. The lowest BCUT2D eigenvalue weighted by molar-refractivity contribution is -0.384. The number of nitrogen functional groups attached to an aromatic ring is 1. The minimum atomic E-state index is -0.491. The van der Waals surface area contributed by atoms with Gasteiger partial charge in [0.25, 0.3) is 5.69 Å². The van der Waals surface area contributed by atoms with Gasteiger partial charge in [-0.1, -0.05) is 11.6 Å². The largest absolute Gasteiger partial charge is 0.384 e. The summed E-state index contributed by atoms with van der Waals surface area (Å²) in [5, 5.41) is 18.0. The van der Waals surface area contributed by atoms with Crippen LogP contribution in [-0.2, 0) is 13.6 Å². The first-order valence-electron chi connectivity index (χ1n) is 5.43. The van der Waals surface area contributed by atoms with Crippen LogP contribution < -0.4 is 11.1 Å². The molecule has 100 valence electrons. The van der Waals surface area contributed by atoms with Crippen LogP contribution in [-0.4, -0.2) is 14.7 Å². The number of halogens is 1. The van der Waals surface area contributed by atoms with Gasteiger partial charge in [-0.05, 0) is 6.07 Å². The van der Waals surface area contributed by atoms with Gasteiger partial charge >= 0.3 is 0 Å². The fourth-order valence-corrected chi connectivity index (χ4v) is 1.82. The van der Waals surface area contributed by atoms with Crippen molar-refractivity contribution in [3.05, 3.63) is 45.1 Å². The molecule has 0 bridgehead atoms. The highest BCUT2D eigenvalue weighted by Gasteiger charge is 2.10. The van der Waals surface area contributed by atoms with Gasteiger partial charge < -0.3 is 11.1 Å². The smallest absolute Gasteiger partial charge is 0.271 e. The van der Waals surface area contributed by atoms with Crippen molar-refractivity contribution in [1.82, 2.24) is 9.78 Å². The molecule has 0 atom stereocenters. The van der Waals surface area contributed by atoms with Crippen LogP contribution in [0.15, 0.2) is 24.4 Å². The van der Waals surface area contributed by atoms with Crippen LogP contribution in [0.5, 0.6) is 0 Å². The van der Waals surface area contributed by atoms with E-state index in [1.165, 1.54) is 12.1 Å². The molecule has 0 aliphatic rings. The van der Waals surface area contributed by atoms with Crippen LogP contribution in [0.4, 0.5) is 17.2 Å². The van der Waals surface area contributed by atoms with Gasteiger partial charge in [0.05, 0.1) is 21.8 Å². The Labute approximate surface area is 114 Å². The van der Waals surface area contributed by atoms with Gasteiger partial charge in [-0.25, -0.2) is 0 Å². The number of rotatable bonds is 4. The Hall–Kier alpha value is -2.28. The first-order valence-corrected chi connectivity index (χ1v) is 5.81. The summed E-state index contributed by atoms with van der Waals surface area (Å²) in [6.07, 6.45) is 1.65. The Bertz CT molecular complexity index is 626. The molecular formula is C11H12ClN5O2. The number of anilines is 2. The van der Waals surface area contributed by atoms with E-state index in [-0.39, 0.29) is 10.7 Å². The second kappa shape index (κ2) is 5.15. The molecule has 0 amide bonds. The zero-order chi connectivity index (χ0) is 14.0. The predicted octanol–water partition coefficient (Wildman–Crippen LogP) is 2.18. The molecule has 1 aromatic heterocycles. The number of non-ortho nitro benzene ring substituents is 1. The zero-order valence-electron chi connectivity index (χ0n) is 10.1. The topological polar surface area (TPSA) is 99.0 Å². The average molecular weight is 282 g/mol. The Morgan fingerprint density at radius 3 is 2.84 bits per heavy atom. The summed E-state index contributed by atoms with van der Waals surface area (Å²) >= 11 is 5.97. The highest BCUT2D eigenvalue weighted by atomic mass is 35.5. The molecule has 0 fully saturated rings. The molecule has 0 unspecified atom stereocenters. The van der Waals surface area contributed by atoms with Crippen LogP contribution in [0.2, 0.25) is 5.02 Å². The molecule has 19 heavy (non-hydrogen) atoms. The van der Waals surface area contributed by atoms with Gasteiger partial charge in [0.2, 0.25) is 0 Å². The minimum Gasteiger partial charge on any atom is -0.384 e. The number of benzene rings is 1. The minimum absolute atomic E-state index is 0.0450. The number of nitrogens with one attached hydrogen (secondary N) is 1. The van der Waals surface area contributed by atoms with E-state index < -0.39 is 4.92 Å². The third-order valence-electron chi connectivity index (χ3n) is 2.70. The average Bonchev–Trinajstić information content (AvgIpc) is 2.68. The van der Waals surface area contributed by atoms with Crippen molar-refractivity contribution in [1.29, 1.82) is 0 Å². The predicted molar refractivity (Wildman–Crippen MR) is 73.1 cm³/mol. The molecule has 1 heterocycles. The summed E-state index contributed by atoms with van der Waals surface area (Å²) in [7, 11) is 1.75. The molecular weight excluding hydrogens is 270 g/mol. The fourth-order valence-electron chi connectivity index (χ4n) is 1.58. The second-order valence-corrected chi connectivity index (χ2v) is 4.36. The van der Waals surface area contributed by atoms with Crippen LogP contribution >= 0.6 is 11.6 Å². The van der Waals surface area contributed by atoms with Crippen molar-refractivity contribution in [2.24, 2.45) is 7.05 Å². The maximum atomic E-state index is 10.6. The third kappa shape index (κ3) is 2.76. The number of hydrogen-bond donors (Lipinski definition) is 2. The molecule has 2 rings (SSSR count). The summed E-state index contributed by atoms with van der Waals surface area (Å²) in [6, 6.07) is 4.25. The first-order chi connectivity index (χ1) is 8.99. The maximum Gasteiger partial charge on any atom is 0.271 e. The molecule has 3 N–H and O–H groups in total. The van der Waals surface area contributed by atoms with E-state index >= 15 is 0 Å². The summed E-state index contributed by atoms with van der Waals surface area (Å²) in [6.45, 7) is 0.442. The number of nitro groups is 1. The lowest BCUT2D eigenvalue weighted by atomic mass is 10.2. The number of aryl methyl sites for hydroxylation is 1. The van der Waals surface area contributed by atoms with Gasteiger partial charge in [-0.15, -0.1) is 0 Å². The maximum absolute atomic E-state index is 10.6. The molecule has 0 saturated heterocycles. The van der Waals surface area contributed by atoms with Crippen LogP contribution in [0.25, 0.3) is 0 Å². The SMILES string of the molecule is Cn1ncc(CNc2ccc([N+](=O)[O-])cc2Cl)c1N. The van der Waals surface area contributed by atoms with Crippen molar-refractivity contribution in [3.63, 3.8) is 0 Å². The van der Waals surface area contributed by atoms with Crippen molar-refractivity contribution in [3.8, 4) is 0 Å². The molecule has 0 saturated carbocycles. The van der Waals surface area contributed by atoms with E-state index in [1.54, 1.807) is 24.0 Å². The summed E-state index contributed by atoms with van der Waals surface area (Å²) < 4.78 is 1.56. The standard InChI is InChI=1S/C11H12ClN5O2/c1-16-11(13)7(6-15-16)5-14-10-3-2-8(17(18)19)4-9(10)12/h2-4,6,14H,5,13H2,1H3. The molecule has 1 aromatic carbocycles. The Morgan fingerprint density at radius 1 is 1.58 bits per heavy atom. The Balaban J connectivity index is 2.12.